The van der Waals surface area contributed by atoms with E-state index in [9.17, 15) is 14.7 Å². The monoisotopic (exact) mass is 658 g/mol. The fourth-order valence-corrected chi connectivity index (χ4v) is 6.17. The summed E-state index contributed by atoms with van der Waals surface area (Å²) in [5.41, 5.74) is 12.4. The van der Waals surface area contributed by atoms with Gasteiger partial charge >= 0.3 is 0 Å². The minimum atomic E-state index is -0.491. The van der Waals surface area contributed by atoms with Gasteiger partial charge in [-0.15, -0.1) is 0 Å². The molecular formula is C40H42N4O5. The smallest absolute Gasteiger partial charge is 0.261 e. The molecule has 4 N–H and O–H groups in total. The third-order valence-electron chi connectivity index (χ3n) is 9.27. The van der Waals surface area contributed by atoms with Crippen molar-refractivity contribution in [1.29, 1.82) is 0 Å². The average Bonchev–Trinajstić information content (AvgIpc) is 3.98. The van der Waals surface area contributed by atoms with Crippen LogP contribution < -0.4 is 26.0 Å². The molecule has 0 radical (unpaired) electrons. The third-order valence-corrected chi connectivity index (χ3v) is 9.27. The summed E-state index contributed by atoms with van der Waals surface area (Å²) in [5.74, 6) is 1.93. The first-order valence-corrected chi connectivity index (χ1v) is 16.7. The number of aromatic nitrogens is 2. The standard InChI is InChI=1S/C40H42N4O5/c1-4-25(17-18-45)22-44-23-34(29-9-7-27(8-10-29)26-5-6-26)38(46)35(24-44)40(47)43-32-14-11-28(12-15-32)33-19-31(21-42-39(33)41)30-13-16-36(48-2)37(20-30)49-3/h7-16,19-21,23-26,45H,4-6,17-18,22H2,1-3H3,(H2,41,42)(H,43,47). The largest absolute Gasteiger partial charge is 0.493 e. The predicted molar refractivity (Wildman–Crippen MR) is 194 cm³/mol. The van der Waals surface area contributed by atoms with Gasteiger partial charge in [0.25, 0.3) is 5.91 Å². The maximum atomic E-state index is 13.8. The Labute approximate surface area is 286 Å². The molecule has 1 unspecified atom stereocenters. The number of nitrogens with one attached hydrogen (secondary N) is 1. The van der Waals surface area contributed by atoms with Crippen LogP contribution in [0.2, 0.25) is 0 Å². The number of pyridine rings is 2. The van der Waals surface area contributed by atoms with Crippen molar-refractivity contribution in [2.24, 2.45) is 5.92 Å². The number of anilines is 2. The molecule has 6 rings (SSSR count). The molecule has 0 saturated heterocycles. The molecule has 0 aliphatic heterocycles. The van der Waals surface area contributed by atoms with Crippen molar-refractivity contribution in [3.63, 3.8) is 0 Å². The first kappa shape index (κ1) is 33.5. The lowest BCUT2D eigenvalue weighted by Gasteiger charge is -2.18. The lowest BCUT2D eigenvalue weighted by atomic mass is 10.00. The van der Waals surface area contributed by atoms with Crippen molar-refractivity contribution in [2.45, 2.75) is 45.1 Å². The molecule has 9 nitrogen and oxygen atoms in total. The molecule has 9 heteroatoms. The summed E-state index contributed by atoms with van der Waals surface area (Å²) in [6, 6.07) is 23.0. The molecular weight excluding hydrogens is 616 g/mol. The highest BCUT2D eigenvalue weighted by Gasteiger charge is 2.24. The number of nitrogens with two attached hydrogens (primary N) is 1. The summed E-state index contributed by atoms with van der Waals surface area (Å²) in [4.78, 5) is 31.9. The van der Waals surface area contributed by atoms with E-state index in [2.05, 4.69) is 29.4 Å². The number of amides is 1. The van der Waals surface area contributed by atoms with Gasteiger partial charge in [0, 0.05) is 54.1 Å². The number of hydrogen-bond acceptors (Lipinski definition) is 7. The maximum Gasteiger partial charge on any atom is 0.261 e. The van der Waals surface area contributed by atoms with Gasteiger partial charge in [-0.3, -0.25) is 9.59 Å². The zero-order valence-corrected chi connectivity index (χ0v) is 28.1. The Morgan fingerprint density at radius 1 is 0.918 bits per heavy atom. The first-order valence-electron chi connectivity index (χ1n) is 16.7. The van der Waals surface area contributed by atoms with E-state index in [1.807, 2.05) is 59.3 Å². The third kappa shape index (κ3) is 7.52. The molecule has 1 fully saturated rings. The molecule has 1 aliphatic rings. The highest BCUT2D eigenvalue weighted by molar-refractivity contribution is 6.04. The molecule has 1 aliphatic carbocycles. The van der Waals surface area contributed by atoms with E-state index in [1.165, 1.54) is 18.4 Å². The van der Waals surface area contributed by atoms with Crippen LogP contribution in [0.15, 0.2) is 96.2 Å². The van der Waals surface area contributed by atoms with Crippen molar-refractivity contribution in [3.8, 4) is 44.9 Å². The van der Waals surface area contributed by atoms with Gasteiger partial charge in [-0.1, -0.05) is 55.8 Å². The van der Waals surface area contributed by atoms with Crippen LogP contribution in [0.1, 0.15) is 54.4 Å². The minimum Gasteiger partial charge on any atom is -0.493 e. The molecule has 2 heterocycles. The zero-order chi connectivity index (χ0) is 34.5. The van der Waals surface area contributed by atoms with Crippen LogP contribution >= 0.6 is 0 Å². The van der Waals surface area contributed by atoms with Gasteiger partial charge in [0.05, 0.1) is 14.2 Å². The van der Waals surface area contributed by atoms with Crippen LogP contribution in [0.5, 0.6) is 11.5 Å². The summed E-state index contributed by atoms with van der Waals surface area (Å²) in [6.45, 7) is 2.74. The number of nitrogens with zero attached hydrogens (tertiary/aromatic N) is 2. The Kier molecular flexibility index (Phi) is 10.1. The maximum absolute atomic E-state index is 13.8. The average molecular weight is 659 g/mol. The zero-order valence-electron chi connectivity index (χ0n) is 28.1. The number of nitrogen functional groups attached to an aromatic ring is 1. The van der Waals surface area contributed by atoms with Crippen LogP contribution in [0.4, 0.5) is 11.5 Å². The Bertz CT molecular complexity index is 2000. The molecule has 0 spiro atoms. The second kappa shape index (κ2) is 14.8. The molecule has 1 atom stereocenters. The second-order valence-electron chi connectivity index (χ2n) is 12.6. The Morgan fingerprint density at radius 3 is 2.24 bits per heavy atom. The molecule has 1 amide bonds. The van der Waals surface area contributed by atoms with Gasteiger partial charge in [0.15, 0.2) is 11.5 Å². The van der Waals surface area contributed by atoms with Crippen molar-refractivity contribution in [2.75, 3.05) is 31.9 Å². The van der Waals surface area contributed by atoms with Gasteiger partial charge in [-0.25, -0.2) is 4.98 Å². The number of carbonyl (C=O) groups excluding carboxylic acids is 1. The number of rotatable bonds is 13. The van der Waals surface area contributed by atoms with Gasteiger partial charge in [-0.2, -0.15) is 0 Å². The minimum absolute atomic E-state index is 0.0581. The van der Waals surface area contributed by atoms with Gasteiger partial charge in [-0.05, 0) is 83.7 Å². The summed E-state index contributed by atoms with van der Waals surface area (Å²) >= 11 is 0. The molecule has 1 saturated carbocycles. The van der Waals surface area contributed by atoms with Crippen LogP contribution in [0.25, 0.3) is 33.4 Å². The van der Waals surface area contributed by atoms with Crippen molar-refractivity contribution in [1.82, 2.24) is 9.55 Å². The van der Waals surface area contributed by atoms with E-state index in [0.29, 0.717) is 47.5 Å². The van der Waals surface area contributed by atoms with Crippen LogP contribution in [0.3, 0.4) is 0 Å². The number of carbonyl (C=O) groups is 1. The summed E-state index contributed by atoms with van der Waals surface area (Å²) in [6.07, 6.45) is 9.06. The molecule has 0 bridgehead atoms. The number of hydrogen-bond donors (Lipinski definition) is 3. The van der Waals surface area contributed by atoms with E-state index in [-0.39, 0.29) is 23.5 Å². The highest BCUT2D eigenvalue weighted by Crippen LogP contribution is 2.40. The predicted octanol–water partition coefficient (Wildman–Crippen LogP) is 7.38. The Balaban J connectivity index is 1.27. The summed E-state index contributed by atoms with van der Waals surface area (Å²) in [5, 5.41) is 12.5. The van der Waals surface area contributed by atoms with Crippen LogP contribution in [-0.2, 0) is 6.54 Å². The van der Waals surface area contributed by atoms with E-state index in [1.54, 1.807) is 38.7 Å². The highest BCUT2D eigenvalue weighted by atomic mass is 16.5. The second-order valence-corrected chi connectivity index (χ2v) is 12.6. The molecule has 3 aromatic carbocycles. The fourth-order valence-electron chi connectivity index (χ4n) is 6.17. The fraction of sp³-hybridized carbons (Fsp3) is 0.275. The first-order chi connectivity index (χ1) is 23.8. The van der Waals surface area contributed by atoms with Gasteiger partial charge in [0.2, 0.25) is 5.43 Å². The molecule has 5 aromatic rings. The number of methoxy groups -OCH3 is 2. The quantitative estimate of drug-likeness (QED) is 0.120. The van der Waals surface area contributed by atoms with E-state index < -0.39 is 5.91 Å². The van der Waals surface area contributed by atoms with E-state index in [0.717, 1.165) is 34.2 Å². The van der Waals surface area contributed by atoms with Crippen molar-refractivity contribution < 1.29 is 19.4 Å². The van der Waals surface area contributed by atoms with Crippen molar-refractivity contribution in [3.05, 3.63) is 113 Å². The lowest BCUT2D eigenvalue weighted by molar-refractivity contribution is 0.102. The number of ether oxygens (including phenoxy) is 2. The van der Waals surface area contributed by atoms with E-state index >= 15 is 0 Å². The number of aliphatic hydroxyl groups is 1. The Morgan fingerprint density at radius 2 is 1.59 bits per heavy atom. The van der Waals surface area contributed by atoms with Crippen LogP contribution in [-0.4, -0.2) is 41.4 Å². The van der Waals surface area contributed by atoms with E-state index in [4.69, 9.17) is 15.2 Å². The molecule has 2 aromatic heterocycles. The topological polar surface area (TPSA) is 129 Å². The Hall–Kier alpha value is -5.41. The molecule has 252 valence electrons. The number of benzene rings is 3. The van der Waals surface area contributed by atoms with Crippen molar-refractivity contribution >= 4 is 17.4 Å². The van der Waals surface area contributed by atoms with Gasteiger partial charge in [0.1, 0.15) is 11.4 Å². The lowest BCUT2D eigenvalue weighted by Crippen LogP contribution is -2.25. The van der Waals surface area contributed by atoms with Crippen LogP contribution in [0, 0.1) is 5.92 Å². The molecule has 49 heavy (non-hydrogen) atoms. The number of aliphatic hydroxyl groups excluding tert-OH is 1. The SMILES string of the molecule is CCC(CCO)Cn1cc(C(=O)Nc2ccc(-c3cc(-c4ccc(OC)c(OC)c4)cnc3N)cc2)c(=O)c(-c2ccc(C3CC3)cc2)c1. The summed E-state index contributed by atoms with van der Waals surface area (Å²) in [7, 11) is 3.19. The normalized spacial score (nSPS) is 13.1. The van der Waals surface area contributed by atoms with Gasteiger partial charge < -0.3 is 30.2 Å². The summed E-state index contributed by atoms with van der Waals surface area (Å²) < 4.78 is 12.7.